The van der Waals surface area contributed by atoms with Gasteiger partial charge in [0.1, 0.15) is 18.2 Å². The van der Waals surface area contributed by atoms with Crippen LogP contribution in [0.3, 0.4) is 0 Å². The Morgan fingerprint density at radius 1 is 1.10 bits per heavy atom. The van der Waals surface area contributed by atoms with Crippen molar-refractivity contribution in [2.45, 2.75) is 24.7 Å². The molecule has 0 fully saturated rings. The Kier molecular flexibility index (Phi) is 7.82. The lowest BCUT2D eigenvalue weighted by atomic mass is 10.2. The number of nitrogens with zero attached hydrogens (tertiary/aromatic N) is 3. The fourth-order valence-corrected chi connectivity index (χ4v) is 3.24. The second-order valence-corrected chi connectivity index (χ2v) is 7.39. The van der Waals surface area contributed by atoms with Crippen LogP contribution in [0.25, 0.3) is 0 Å². The molecular weight excluding hydrogens is 423 g/mol. The minimum atomic E-state index is -0.555. The number of rotatable bonds is 9. The molecule has 0 atom stereocenters. The third kappa shape index (κ3) is 7.00. The number of benzene rings is 2. The number of halogens is 1. The molecule has 0 saturated carbocycles. The number of hydrogen-bond donors (Lipinski definition) is 3. The van der Waals surface area contributed by atoms with Crippen LogP contribution >= 0.6 is 11.8 Å². The normalized spacial score (nSPS) is 10.5. The first-order valence-electron chi connectivity index (χ1n) is 9.33. The van der Waals surface area contributed by atoms with Crippen LogP contribution in [0.1, 0.15) is 17.8 Å². The number of nitrogen functional groups attached to an aromatic ring is 1. The summed E-state index contributed by atoms with van der Waals surface area (Å²) in [6.07, 6.45) is 0.0949. The zero-order chi connectivity index (χ0) is 22.1. The zero-order valence-corrected chi connectivity index (χ0v) is 17.3. The number of urea groups is 1. The fourth-order valence-electron chi connectivity index (χ4n) is 2.43. The molecule has 11 heteroatoms. The summed E-state index contributed by atoms with van der Waals surface area (Å²) in [5.74, 6) is 6.38. The Morgan fingerprint density at radius 3 is 2.58 bits per heavy atom. The summed E-state index contributed by atoms with van der Waals surface area (Å²) in [6, 6.07) is 14.4. The van der Waals surface area contributed by atoms with Gasteiger partial charge >= 0.3 is 6.03 Å². The number of ether oxygens (including phenoxy) is 1. The highest BCUT2D eigenvalue weighted by Gasteiger charge is 2.13. The molecule has 0 bridgehead atoms. The number of imide groups is 1. The Labute approximate surface area is 182 Å². The van der Waals surface area contributed by atoms with Crippen molar-refractivity contribution in [3.8, 4) is 5.75 Å². The van der Waals surface area contributed by atoms with Crippen LogP contribution in [-0.4, -0.2) is 32.6 Å². The lowest BCUT2D eigenvalue weighted by Gasteiger charge is -2.07. The number of thioether (sulfide) groups is 1. The van der Waals surface area contributed by atoms with E-state index in [1.54, 1.807) is 0 Å². The van der Waals surface area contributed by atoms with Gasteiger partial charge in [-0.2, -0.15) is 0 Å². The molecule has 1 aromatic heterocycles. The maximum atomic E-state index is 12.9. The maximum absolute atomic E-state index is 12.9. The Hall–Kier alpha value is -3.60. The van der Waals surface area contributed by atoms with Crippen molar-refractivity contribution in [2.24, 2.45) is 0 Å². The van der Waals surface area contributed by atoms with E-state index in [2.05, 4.69) is 20.8 Å². The summed E-state index contributed by atoms with van der Waals surface area (Å²) in [5, 5.41) is 13.2. The minimum Gasteiger partial charge on any atom is -0.486 e. The molecule has 0 aliphatic heterocycles. The fraction of sp³-hybridized carbons (Fsp3) is 0.200. The Balaban J connectivity index is 1.37. The van der Waals surface area contributed by atoms with E-state index in [9.17, 15) is 14.0 Å². The van der Waals surface area contributed by atoms with Crippen molar-refractivity contribution in [2.75, 3.05) is 11.6 Å². The predicted molar refractivity (Wildman–Crippen MR) is 113 cm³/mol. The van der Waals surface area contributed by atoms with Gasteiger partial charge in [-0.05, 0) is 29.8 Å². The van der Waals surface area contributed by atoms with E-state index in [4.69, 9.17) is 10.6 Å². The van der Waals surface area contributed by atoms with Crippen molar-refractivity contribution in [3.05, 3.63) is 71.8 Å². The van der Waals surface area contributed by atoms with Gasteiger partial charge in [0.15, 0.2) is 5.82 Å². The molecule has 0 unspecified atom stereocenters. The quantitative estimate of drug-likeness (QED) is 0.341. The first kappa shape index (κ1) is 22.1. The minimum absolute atomic E-state index is 0.0533. The molecule has 162 valence electrons. The van der Waals surface area contributed by atoms with E-state index in [0.29, 0.717) is 29.0 Å². The number of amides is 3. The number of nitrogens with one attached hydrogen (secondary N) is 2. The summed E-state index contributed by atoms with van der Waals surface area (Å²) >= 11 is 1.22. The first-order valence-corrected chi connectivity index (χ1v) is 10.3. The number of hydrogen-bond acceptors (Lipinski definition) is 7. The number of carbonyl (C=O) groups is 2. The van der Waals surface area contributed by atoms with Crippen molar-refractivity contribution >= 4 is 23.7 Å². The smallest absolute Gasteiger partial charge is 0.321 e. The van der Waals surface area contributed by atoms with E-state index >= 15 is 0 Å². The highest BCUT2D eigenvalue weighted by atomic mass is 32.2. The SMILES string of the molecule is Nn1c(COc2ccc(F)cc2)nnc1SCCC(=O)NC(=O)NCc1ccccc1. The maximum Gasteiger partial charge on any atom is 0.321 e. The van der Waals surface area contributed by atoms with Gasteiger partial charge in [0, 0.05) is 18.7 Å². The van der Waals surface area contributed by atoms with Gasteiger partial charge < -0.3 is 15.9 Å². The van der Waals surface area contributed by atoms with Gasteiger partial charge in [0.05, 0.1) is 0 Å². The van der Waals surface area contributed by atoms with Gasteiger partial charge in [-0.25, -0.2) is 13.9 Å². The van der Waals surface area contributed by atoms with E-state index in [1.807, 2.05) is 30.3 Å². The number of nitrogens with two attached hydrogens (primary N) is 1. The van der Waals surface area contributed by atoms with Gasteiger partial charge in [0.25, 0.3) is 0 Å². The Bertz CT molecular complexity index is 1010. The molecule has 0 saturated heterocycles. The standard InChI is InChI=1S/C20H21FN6O3S/c21-15-6-8-16(9-7-15)30-13-17-25-26-20(27(17)22)31-11-10-18(28)24-19(29)23-12-14-4-2-1-3-5-14/h1-9H,10-13,22H2,(H2,23,24,28,29). The zero-order valence-electron chi connectivity index (χ0n) is 16.5. The van der Waals surface area contributed by atoms with Crippen molar-refractivity contribution < 1.29 is 18.7 Å². The van der Waals surface area contributed by atoms with Crippen LogP contribution in [0, 0.1) is 5.82 Å². The van der Waals surface area contributed by atoms with Gasteiger partial charge in [-0.15, -0.1) is 10.2 Å². The van der Waals surface area contributed by atoms with Gasteiger partial charge in [-0.1, -0.05) is 42.1 Å². The summed E-state index contributed by atoms with van der Waals surface area (Å²) in [5.41, 5.74) is 0.933. The third-order valence-electron chi connectivity index (χ3n) is 4.03. The molecular formula is C20H21FN6O3S. The molecule has 31 heavy (non-hydrogen) atoms. The van der Waals surface area contributed by atoms with Crippen LogP contribution in [0.5, 0.6) is 5.75 Å². The second-order valence-electron chi connectivity index (χ2n) is 6.33. The lowest BCUT2D eigenvalue weighted by Crippen LogP contribution is -2.39. The molecule has 1 heterocycles. The van der Waals surface area contributed by atoms with Crippen molar-refractivity contribution in [3.63, 3.8) is 0 Å². The first-order chi connectivity index (χ1) is 15.0. The van der Waals surface area contributed by atoms with E-state index in [0.717, 1.165) is 5.56 Å². The monoisotopic (exact) mass is 444 g/mol. The van der Waals surface area contributed by atoms with Crippen molar-refractivity contribution in [1.82, 2.24) is 25.5 Å². The summed E-state index contributed by atoms with van der Waals surface area (Å²) in [4.78, 5) is 23.7. The molecule has 3 rings (SSSR count). The number of aromatic nitrogens is 3. The average molecular weight is 444 g/mol. The van der Waals surface area contributed by atoms with E-state index < -0.39 is 11.9 Å². The van der Waals surface area contributed by atoms with Crippen LogP contribution < -0.4 is 21.2 Å². The molecule has 3 aromatic rings. The average Bonchev–Trinajstić information content (AvgIpc) is 3.12. The molecule has 2 aromatic carbocycles. The molecule has 0 spiro atoms. The molecule has 0 aliphatic rings. The topological polar surface area (TPSA) is 124 Å². The molecule has 9 nitrogen and oxygen atoms in total. The van der Waals surface area contributed by atoms with Gasteiger partial charge in [-0.3, -0.25) is 10.1 Å². The highest BCUT2D eigenvalue weighted by molar-refractivity contribution is 7.99. The largest absolute Gasteiger partial charge is 0.486 e. The molecule has 0 aliphatic carbocycles. The van der Waals surface area contributed by atoms with Crippen LogP contribution in [0.4, 0.5) is 9.18 Å². The number of carbonyl (C=O) groups excluding carboxylic acids is 2. The lowest BCUT2D eigenvalue weighted by molar-refractivity contribution is -0.119. The summed E-state index contributed by atoms with van der Waals surface area (Å²) in [6.45, 7) is 0.380. The summed E-state index contributed by atoms with van der Waals surface area (Å²) < 4.78 is 19.7. The molecule has 0 radical (unpaired) electrons. The van der Waals surface area contributed by atoms with Gasteiger partial charge in [0.2, 0.25) is 11.1 Å². The van der Waals surface area contributed by atoms with Crippen LogP contribution in [0.2, 0.25) is 0 Å². The van der Waals surface area contributed by atoms with Crippen LogP contribution in [-0.2, 0) is 17.9 Å². The van der Waals surface area contributed by atoms with Crippen molar-refractivity contribution in [1.29, 1.82) is 0 Å². The second kappa shape index (κ2) is 11.0. The highest BCUT2D eigenvalue weighted by Crippen LogP contribution is 2.17. The Morgan fingerprint density at radius 2 is 1.84 bits per heavy atom. The summed E-state index contributed by atoms with van der Waals surface area (Å²) in [7, 11) is 0. The molecule has 4 N–H and O–H groups in total. The van der Waals surface area contributed by atoms with E-state index in [1.165, 1.54) is 40.7 Å². The van der Waals surface area contributed by atoms with E-state index in [-0.39, 0.29) is 18.8 Å². The predicted octanol–water partition coefficient (Wildman–Crippen LogP) is 2.22. The molecule has 3 amide bonds. The van der Waals surface area contributed by atoms with Crippen LogP contribution in [0.15, 0.2) is 59.8 Å². The third-order valence-corrected chi connectivity index (χ3v) is 4.97.